The smallest absolute Gasteiger partial charge is 0.208 e. The van der Waals surface area contributed by atoms with Gasteiger partial charge in [-0.1, -0.05) is 0 Å². The van der Waals surface area contributed by atoms with Crippen molar-refractivity contribution in [2.75, 3.05) is 0 Å². The van der Waals surface area contributed by atoms with Crippen molar-refractivity contribution in [3.8, 4) is 11.3 Å². The molecule has 0 aliphatic heterocycles. The van der Waals surface area contributed by atoms with Crippen molar-refractivity contribution in [1.29, 1.82) is 0 Å². The zero-order chi connectivity index (χ0) is 9.26. The third kappa shape index (κ3) is 1.48. The summed E-state index contributed by atoms with van der Waals surface area (Å²) in [6, 6.07) is 1.97. The molecule has 68 valence electrons. The molecule has 0 unspecified atom stereocenters. The second-order valence-corrected chi connectivity index (χ2v) is 2.89. The summed E-state index contributed by atoms with van der Waals surface area (Å²) in [4.78, 5) is 4.02. The van der Waals surface area contributed by atoms with Crippen LogP contribution in [0, 0.1) is 0 Å². The van der Waals surface area contributed by atoms with Gasteiger partial charge in [0.1, 0.15) is 0 Å². The molecule has 0 aliphatic carbocycles. The minimum atomic E-state index is 0.340. The van der Waals surface area contributed by atoms with Gasteiger partial charge in [0.05, 0.1) is 12.7 Å². The first-order valence-corrected chi connectivity index (χ1v) is 4.06. The lowest BCUT2D eigenvalue weighted by Gasteiger charge is -1.89. The molecule has 4 nitrogen and oxygen atoms in total. The Kier molecular flexibility index (Phi) is 1.90. The number of aromatic nitrogens is 2. The molecule has 0 bridgehead atoms. The molecule has 2 rings (SSSR count). The number of hydrogen-bond donors (Lipinski definition) is 1. The Bertz CT molecular complexity index is 402. The zero-order valence-corrected chi connectivity index (χ0v) is 7.40. The molecular weight excluding hydrogens is 166 g/mol. The molecule has 0 fully saturated rings. The van der Waals surface area contributed by atoms with E-state index in [1.807, 2.05) is 30.1 Å². The predicted octanol–water partition coefficient (Wildman–Crippen LogP) is 1.14. The van der Waals surface area contributed by atoms with Gasteiger partial charge in [0.2, 0.25) is 5.89 Å². The van der Waals surface area contributed by atoms with Gasteiger partial charge in [0.15, 0.2) is 5.76 Å². The van der Waals surface area contributed by atoms with Gasteiger partial charge in [-0.25, -0.2) is 4.98 Å². The molecule has 4 heteroatoms. The molecule has 0 radical (unpaired) electrons. The van der Waals surface area contributed by atoms with Gasteiger partial charge in [-0.05, 0) is 6.07 Å². The van der Waals surface area contributed by atoms with Crippen LogP contribution in [0.5, 0.6) is 0 Å². The Labute approximate surface area is 76.0 Å². The van der Waals surface area contributed by atoms with Crippen LogP contribution in [-0.2, 0) is 13.6 Å². The van der Waals surface area contributed by atoms with E-state index in [1.54, 1.807) is 6.20 Å². The molecule has 2 N–H and O–H groups in total. The van der Waals surface area contributed by atoms with Crippen molar-refractivity contribution in [3.63, 3.8) is 0 Å². The topological polar surface area (TPSA) is 57.0 Å². The molecule has 13 heavy (non-hydrogen) atoms. The molecule has 0 spiro atoms. The third-order valence-electron chi connectivity index (χ3n) is 1.84. The van der Waals surface area contributed by atoms with Gasteiger partial charge in [0.25, 0.3) is 0 Å². The largest absolute Gasteiger partial charge is 0.439 e. The number of nitrogens with zero attached hydrogens (tertiary/aromatic N) is 2. The Morgan fingerprint density at radius 2 is 2.46 bits per heavy atom. The second-order valence-electron chi connectivity index (χ2n) is 2.89. The highest BCUT2D eigenvalue weighted by Gasteiger charge is 2.05. The number of aryl methyl sites for hydroxylation is 1. The molecule has 0 atom stereocenters. The summed E-state index contributed by atoms with van der Waals surface area (Å²) in [5.74, 6) is 1.33. The van der Waals surface area contributed by atoms with E-state index in [0.717, 1.165) is 11.3 Å². The highest BCUT2D eigenvalue weighted by Crippen LogP contribution is 2.19. The standard InChI is InChI=1S/C9H11N3O/c1-12-3-2-7(6-12)8-5-11-9(4-10)13-8/h2-3,5-6H,4,10H2,1H3. The summed E-state index contributed by atoms with van der Waals surface area (Å²) in [5, 5.41) is 0. The summed E-state index contributed by atoms with van der Waals surface area (Å²) in [7, 11) is 1.96. The van der Waals surface area contributed by atoms with Crippen LogP contribution in [0.15, 0.2) is 29.1 Å². The lowest BCUT2D eigenvalue weighted by atomic mass is 10.3. The molecular formula is C9H11N3O. The first-order chi connectivity index (χ1) is 6.29. The maximum Gasteiger partial charge on any atom is 0.208 e. The number of nitrogens with two attached hydrogens (primary N) is 1. The number of oxazole rings is 1. The summed E-state index contributed by atoms with van der Waals surface area (Å²) in [6.45, 7) is 0.340. The van der Waals surface area contributed by atoms with Crippen molar-refractivity contribution >= 4 is 0 Å². The van der Waals surface area contributed by atoms with Crippen LogP contribution in [0.4, 0.5) is 0 Å². The summed E-state index contributed by atoms with van der Waals surface area (Å²) >= 11 is 0. The third-order valence-corrected chi connectivity index (χ3v) is 1.84. The van der Waals surface area contributed by atoms with E-state index in [4.69, 9.17) is 10.2 Å². The molecule has 0 saturated heterocycles. The lowest BCUT2D eigenvalue weighted by Crippen LogP contribution is -1.94. The minimum absolute atomic E-state index is 0.340. The van der Waals surface area contributed by atoms with Crippen molar-refractivity contribution in [1.82, 2.24) is 9.55 Å². The van der Waals surface area contributed by atoms with Crippen LogP contribution in [-0.4, -0.2) is 9.55 Å². The van der Waals surface area contributed by atoms with Crippen LogP contribution < -0.4 is 5.73 Å². The molecule has 0 aliphatic rings. The average Bonchev–Trinajstić information content (AvgIpc) is 2.71. The van der Waals surface area contributed by atoms with Gasteiger partial charge in [-0.3, -0.25) is 0 Å². The van der Waals surface area contributed by atoms with Gasteiger partial charge < -0.3 is 14.7 Å². The van der Waals surface area contributed by atoms with E-state index < -0.39 is 0 Å². The van der Waals surface area contributed by atoms with Gasteiger partial charge in [0, 0.05) is 25.0 Å². The average molecular weight is 177 g/mol. The fraction of sp³-hybridized carbons (Fsp3) is 0.222. The van der Waals surface area contributed by atoms with Gasteiger partial charge >= 0.3 is 0 Å². The summed E-state index contributed by atoms with van der Waals surface area (Å²) < 4.78 is 7.34. The SMILES string of the molecule is Cn1ccc(-c2cnc(CN)o2)c1. The van der Waals surface area contributed by atoms with Crippen molar-refractivity contribution in [2.45, 2.75) is 6.54 Å². The lowest BCUT2D eigenvalue weighted by molar-refractivity contribution is 0.509. The molecule has 2 heterocycles. The van der Waals surface area contributed by atoms with Crippen LogP contribution >= 0.6 is 0 Å². The van der Waals surface area contributed by atoms with Gasteiger partial charge in [-0.15, -0.1) is 0 Å². The monoisotopic (exact) mass is 177 g/mol. The number of hydrogen-bond acceptors (Lipinski definition) is 3. The van der Waals surface area contributed by atoms with Crippen LogP contribution in [0.25, 0.3) is 11.3 Å². The molecule has 2 aromatic rings. The first-order valence-electron chi connectivity index (χ1n) is 4.06. The highest BCUT2D eigenvalue weighted by atomic mass is 16.4. The predicted molar refractivity (Wildman–Crippen MR) is 48.8 cm³/mol. The molecule has 2 aromatic heterocycles. The van der Waals surface area contributed by atoms with E-state index >= 15 is 0 Å². The zero-order valence-electron chi connectivity index (χ0n) is 7.40. The van der Waals surface area contributed by atoms with Gasteiger partial charge in [-0.2, -0.15) is 0 Å². The maximum absolute atomic E-state index is 5.38. The minimum Gasteiger partial charge on any atom is -0.439 e. The molecule has 0 saturated carbocycles. The fourth-order valence-electron chi connectivity index (χ4n) is 1.19. The Balaban J connectivity index is 2.35. The normalized spacial score (nSPS) is 10.6. The second kappa shape index (κ2) is 3.06. The Hall–Kier alpha value is -1.55. The van der Waals surface area contributed by atoms with E-state index in [-0.39, 0.29) is 0 Å². The molecule has 0 amide bonds. The van der Waals surface area contributed by atoms with Crippen molar-refractivity contribution in [3.05, 3.63) is 30.5 Å². The van der Waals surface area contributed by atoms with Crippen molar-refractivity contribution in [2.24, 2.45) is 12.8 Å². The van der Waals surface area contributed by atoms with E-state index in [1.165, 1.54) is 0 Å². The highest BCUT2D eigenvalue weighted by molar-refractivity contribution is 5.55. The van der Waals surface area contributed by atoms with E-state index in [2.05, 4.69) is 4.98 Å². The Morgan fingerprint density at radius 3 is 3.00 bits per heavy atom. The van der Waals surface area contributed by atoms with Crippen LogP contribution in [0.2, 0.25) is 0 Å². The van der Waals surface area contributed by atoms with Crippen LogP contribution in [0.1, 0.15) is 5.89 Å². The van der Waals surface area contributed by atoms with Crippen LogP contribution in [0.3, 0.4) is 0 Å². The fourth-order valence-corrected chi connectivity index (χ4v) is 1.19. The Morgan fingerprint density at radius 1 is 1.62 bits per heavy atom. The quantitative estimate of drug-likeness (QED) is 0.748. The first kappa shape index (κ1) is 8.07. The van der Waals surface area contributed by atoms with E-state index in [0.29, 0.717) is 12.4 Å². The van der Waals surface area contributed by atoms with E-state index in [9.17, 15) is 0 Å². The summed E-state index contributed by atoms with van der Waals surface area (Å²) in [5.41, 5.74) is 6.41. The maximum atomic E-state index is 5.38. The molecule has 0 aromatic carbocycles. The summed E-state index contributed by atoms with van der Waals surface area (Å²) in [6.07, 6.45) is 5.62. The van der Waals surface area contributed by atoms with Crippen molar-refractivity contribution < 1.29 is 4.42 Å². The number of rotatable bonds is 2.